The summed E-state index contributed by atoms with van der Waals surface area (Å²) >= 11 is 4.46. The first-order valence-electron chi connectivity index (χ1n) is 33.1. The molecule has 0 spiro atoms. The number of nitrogens with zero attached hydrogens (tertiary/aromatic N) is 6. The van der Waals surface area contributed by atoms with Crippen LogP contribution in [0.1, 0.15) is 156 Å². The first-order valence-corrected chi connectivity index (χ1v) is 35.8. The van der Waals surface area contributed by atoms with E-state index < -0.39 is 6.04 Å². The molecule has 2 unspecified atom stereocenters. The van der Waals surface area contributed by atoms with Gasteiger partial charge in [-0.05, 0) is 120 Å². The van der Waals surface area contributed by atoms with E-state index in [4.69, 9.17) is 23.7 Å². The van der Waals surface area contributed by atoms with E-state index in [1.54, 1.807) is 37.9 Å². The summed E-state index contributed by atoms with van der Waals surface area (Å²) in [5, 5.41) is 5.52. The Bertz CT molecular complexity index is 3930. The summed E-state index contributed by atoms with van der Waals surface area (Å²) in [6, 6.07) is 23.8. The third kappa shape index (κ3) is 15.5. The van der Waals surface area contributed by atoms with E-state index >= 15 is 0 Å². The van der Waals surface area contributed by atoms with Crippen LogP contribution in [0.4, 0.5) is 0 Å². The minimum atomic E-state index is -0.694. The second kappa shape index (κ2) is 30.4. The largest absolute Gasteiger partial charge is 0.488 e. The lowest BCUT2D eigenvalue weighted by Crippen LogP contribution is -2.48. The van der Waals surface area contributed by atoms with Crippen LogP contribution < -0.4 is 14.2 Å². The highest BCUT2D eigenvalue weighted by molar-refractivity contribution is 7.11. The van der Waals surface area contributed by atoms with Crippen molar-refractivity contribution in [1.82, 2.24) is 29.4 Å². The minimum Gasteiger partial charge on any atom is -0.488 e. The van der Waals surface area contributed by atoms with Gasteiger partial charge in [-0.2, -0.15) is 0 Å². The molecule has 5 aliphatic heterocycles. The van der Waals surface area contributed by atoms with Crippen LogP contribution in [0.15, 0.2) is 125 Å². The molecule has 8 heterocycles. The number of morpholine rings is 2. The quantitative estimate of drug-likeness (QED) is 0.0584. The number of ketones is 3. The number of imide groups is 1. The molecule has 5 fully saturated rings. The van der Waals surface area contributed by atoms with Crippen LogP contribution in [-0.4, -0.2) is 154 Å². The molecule has 4 amide bonds. The maximum absolute atomic E-state index is 13.1. The van der Waals surface area contributed by atoms with Crippen molar-refractivity contribution < 1.29 is 57.2 Å². The summed E-state index contributed by atoms with van der Waals surface area (Å²) in [6.07, 6.45) is 5.09. The van der Waals surface area contributed by atoms with E-state index in [2.05, 4.69) is 72.5 Å². The lowest BCUT2D eigenvalue weighted by atomic mass is 9.89. The van der Waals surface area contributed by atoms with Gasteiger partial charge >= 0.3 is 0 Å². The third-order valence-corrected chi connectivity index (χ3v) is 22.2. The number of benzene rings is 3. The van der Waals surface area contributed by atoms with Crippen molar-refractivity contribution in [3.05, 3.63) is 190 Å². The van der Waals surface area contributed by atoms with Crippen LogP contribution >= 0.6 is 34.0 Å². The standard InChI is InChI=1S/C27H32N2O4S.C25H26N2O5S.C23H26N2O3S/c1-17-4-9-24(25(30)10-17)29-12-22-23(27(29)31)16-34-26(22)15-33-21-7-5-20(6-8-21)11-28-18(2)13-32-14-19(28)3;1-16-2-7-20(21(28)12-16)27-24(29)19-15-33-22(23(19)25(27)30)14-32-18-5-3-17(4-6-18)13-26-8-10-31-11-9-26;1-15-4-9-20(21(26)10-15)25-12-18-19(23(25)27)14-29-22(18)13-28-17-7-5-16(6-8-17)11-24(2)3/h5-8,16,18-19,24H,1,4,9-15H2,2-3H3;3-6,15,20H,1-2,7-14H2;5-8,14,20H,1,4,9-13H2,2-3H3/t18?,19?,24-;2*20-/m000/s1. The van der Waals surface area contributed by atoms with E-state index in [1.807, 2.05) is 73.4 Å². The molecule has 504 valence electrons. The lowest BCUT2D eigenvalue weighted by molar-refractivity contribution is -0.124. The fraction of sp³-hybridized carbons (Fsp3) is 0.427. The van der Waals surface area contributed by atoms with E-state index in [1.165, 1.54) is 28.0 Å². The number of amides is 4. The number of ether oxygens (including phenoxy) is 5. The number of rotatable bonds is 18. The van der Waals surface area contributed by atoms with Crippen LogP contribution in [0.2, 0.25) is 0 Å². The first kappa shape index (κ1) is 68.2. The summed E-state index contributed by atoms with van der Waals surface area (Å²) in [4.78, 5) is 104. The number of hydrogen-bond acceptors (Lipinski definition) is 18. The van der Waals surface area contributed by atoms with Crippen LogP contribution in [0, 0.1) is 0 Å². The smallest absolute Gasteiger partial charge is 0.263 e. The van der Waals surface area contributed by atoms with Crippen molar-refractivity contribution in [1.29, 1.82) is 0 Å². The number of thiophene rings is 3. The maximum Gasteiger partial charge on any atom is 0.263 e. The second-order valence-corrected chi connectivity index (χ2v) is 29.5. The second-order valence-electron chi connectivity index (χ2n) is 26.6. The van der Waals surface area contributed by atoms with Crippen LogP contribution in [-0.2, 0) is 76.4 Å². The molecule has 6 aromatic rings. The molecule has 0 N–H and O–H groups in total. The molecule has 14 rings (SSSR count). The third-order valence-electron chi connectivity index (χ3n) is 19.2. The number of fused-ring (bicyclic) bond motifs is 3. The summed E-state index contributed by atoms with van der Waals surface area (Å²) in [6.45, 7) is 25.8. The van der Waals surface area contributed by atoms with Gasteiger partial charge in [0.25, 0.3) is 23.6 Å². The molecule has 96 heavy (non-hydrogen) atoms. The zero-order valence-corrected chi connectivity index (χ0v) is 57.7. The molecular formula is C75H84N6O12S3. The molecule has 5 atom stereocenters. The van der Waals surface area contributed by atoms with E-state index in [0.717, 1.165) is 137 Å². The molecule has 3 aliphatic carbocycles. The van der Waals surface area contributed by atoms with Gasteiger partial charge in [0.05, 0.1) is 71.7 Å². The van der Waals surface area contributed by atoms with E-state index in [9.17, 15) is 33.6 Å². The van der Waals surface area contributed by atoms with Gasteiger partial charge in [-0.15, -0.1) is 34.0 Å². The number of hydrogen-bond donors (Lipinski definition) is 0. The Morgan fingerprint density at radius 3 is 1.38 bits per heavy atom. The van der Waals surface area contributed by atoms with Crippen LogP contribution in [0.5, 0.6) is 17.2 Å². The van der Waals surface area contributed by atoms with Crippen molar-refractivity contribution >= 4 is 75.0 Å². The monoisotopic (exact) mass is 1360 g/mol. The normalized spacial score (nSPS) is 22.3. The average Bonchev–Trinajstić information content (AvgIpc) is 1.60. The van der Waals surface area contributed by atoms with Crippen LogP contribution in [0.25, 0.3) is 0 Å². The Morgan fingerprint density at radius 1 is 0.500 bits per heavy atom. The highest BCUT2D eigenvalue weighted by atomic mass is 32.1. The Hall–Kier alpha value is -7.73. The molecular weight excluding hydrogens is 1270 g/mol. The van der Waals surface area contributed by atoms with Gasteiger partial charge in [-0.25, -0.2) is 0 Å². The average molecular weight is 1360 g/mol. The number of Topliss-reactive ketones (excluding diaryl/α,β-unsaturated/α-hetero) is 3. The molecule has 8 aliphatic rings. The minimum absolute atomic E-state index is 0.0265. The Labute approximate surface area is 573 Å². The van der Waals surface area contributed by atoms with Gasteiger partial charge in [0.15, 0.2) is 17.3 Å². The molecule has 21 heteroatoms. The molecule has 0 radical (unpaired) electrons. The number of allylic oxidation sites excluding steroid dienone is 3. The van der Waals surface area contributed by atoms with Crippen molar-refractivity contribution in [2.75, 3.05) is 53.6 Å². The summed E-state index contributed by atoms with van der Waals surface area (Å²) in [7, 11) is 4.09. The highest BCUT2D eigenvalue weighted by Crippen LogP contribution is 2.40. The lowest BCUT2D eigenvalue weighted by Gasteiger charge is -2.38. The van der Waals surface area contributed by atoms with Crippen molar-refractivity contribution in [3.8, 4) is 17.2 Å². The van der Waals surface area contributed by atoms with Crippen molar-refractivity contribution in [2.45, 2.75) is 154 Å². The zero-order chi connectivity index (χ0) is 67.3. The highest BCUT2D eigenvalue weighted by Gasteiger charge is 2.46. The number of carbonyl (C=O) groups is 7. The zero-order valence-electron chi connectivity index (χ0n) is 55.2. The van der Waals surface area contributed by atoms with E-state index in [0.29, 0.717) is 98.7 Å². The van der Waals surface area contributed by atoms with Crippen molar-refractivity contribution in [3.63, 3.8) is 0 Å². The molecule has 2 saturated heterocycles. The SMILES string of the molecule is C=C1CC[C@H](N2C(=O)c3csc(COc4ccc(CN5CCOCC5)cc4)c3C2=O)C(=O)C1.C=C1CC[C@H](N2Cc3c(csc3COc3ccc(CN(C)C)cc3)C2=O)C(=O)C1.C=C1CC[C@H](N2Cc3c(csc3COc3ccc(CN4C(C)COCC4C)cc3)C2=O)C(=O)C1. The fourth-order valence-electron chi connectivity index (χ4n) is 13.9. The summed E-state index contributed by atoms with van der Waals surface area (Å²) < 4.78 is 29.0. The van der Waals surface area contributed by atoms with Gasteiger partial charge in [-0.3, -0.25) is 48.3 Å². The first-order chi connectivity index (χ1) is 46.3. The Morgan fingerprint density at radius 2 is 0.917 bits per heavy atom. The predicted molar refractivity (Wildman–Crippen MR) is 370 cm³/mol. The van der Waals surface area contributed by atoms with Gasteiger partial charge in [-0.1, -0.05) is 72.9 Å². The molecule has 0 bridgehead atoms. The van der Waals surface area contributed by atoms with Gasteiger partial charge in [0.1, 0.15) is 37.1 Å². The summed E-state index contributed by atoms with van der Waals surface area (Å²) in [5.74, 6) is 1.62. The fourth-order valence-corrected chi connectivity index (χ4v) is 16.7. The summed E-state index contributed by atoms with van der Waals surface area (Å²) in [5.41, 5.74) is 10.7. The topological polar surface area (TPSA) is 185 Å². The Kier molecular flexibility index (Phi) is 21.6. The maximum atomic E-state index is 13.1. The van der Waals surface area contributed by atoms with Gasteiger partial charge in [0, 0.05) is 114 Å². The molecule has 18 nitrogen and oxygen atoms in total. The molecule has 3 aromatic heterocycles. The van der Waals surface area contributed by atoms with Crippen molar-refractivity contribution in [2.24, 2.45) is 0 Å². The predicted octanol–water partition coefficient (Wildman–Crippen LogP) is 12.0. The molecule has 3 saturated carbocycles. The Balaban J connectivity index is 0.000000138. The van der Waals surface area contributed by atoms with Gasteiger partial charge < -0.3 is 38.4 Å². The number of carbonyl (C=O) groups excluding carboxylic acids is 7. The van der Waals surface area contributed by atoms with E-state index in [-0.39, 0.29) is 66.1 Å². The van der Waals surface area contributed by atoms with Gasteiger partial charge in [0.2, 0.25) is 0 Å². The van der Waals surface area contributed by atoms with Crippen LogP contribution in [0.3, 0.4) is 0 Å². The molecule has 3 aromatic carbocycles.